The molecule has 0 aromatic heterocycles. The van der Waals surface area contributed by atoms with E-state index in [1.807, 2.05) is 43.1 Å². The molecule has 1 aromatic rings. The second-order valence-corrected chi connectivity index (χ2v) is 4.33. The van der Waals surface area contributed by atoms with Crippen molar-refractivity contribution in [1.29, 1.82) is 0 Å². The van der Waals surface area contributed by atoms with Crippen LogP contribution in [0.3, 0.4) is 0 Å². The summed E-state index contributed by atoms with van der Waals surface area (Å²) >= 11 is 0. The SMILES string of the molecule is CNCC1COCC(=O)N1c1cccc(C)c1. The van der Waals surface area contributed by atoms with E-state index < -0.39 is 0 Å². The zero-order chi connectivity index (χ0) is 12.3. The number of nitrogens with zero attached hydrogens (tertiary/aromatic N) is 1. The number of nitrogens with one attached hydrogen (secondary N) is 1. The summed E-state index contributed by atoms with van der Waals surface area (Å²) < 4.78 is 5.30. The summed E-state index contributed by atoms with van der Waals surface area (Å²) in [5.41, 5.74) is 2.11. The topological polar surface area (TPSA) is 41.6 Å². The number of hydrogen-bond donors (Lipinski definition) is 1. The number of anilines is 1. The van der Waals surface area contributed by atoms with Gasteiger partial charge in [-0.05, 0) is 31.7 Å². The fraction of sp³-hybridized carbons (Fsp3) is 0.462. The number of carbonyl (C=O) groups is 1. The van der Waals surface area contributed by atoms with E-state index in [4.69, 9.17) is 4.74 Å². The number of amides is 1. The summed E-state index contributed by atoms with van der Waals surface area (Å²) in [5, 5.41) is 3.10. The molecule has 2 rings (SSSR count). The third-order valence-corrected chi connectivity index (χ3v) is 2.89. The van der Waals surface area contributed by atoms with Crippen LogP contribution in [0.2, 0.25) is 0 Å². The molecule has 1 aromatic carbocycles. The predicted molar refractivity (Wildman–Crippen MR) is 67.2 cm³/mol. The van der Waals surface area contributed by atoms with Crippen LogP contribution in [0.15, 0.2) is 24.3 Å². The van der Waals surface area contributed by atoms with E-state index in [0.717, 1.165) is 17.8 Å². The average Bonchev–Trinajstić information content (AvgIpc) is 2.29. The van der Waals surface area contributed by atoms with E-state index >= 15 is 0 Å². The smallest absolute Gasteiger partial charge is 0.253 e. The number of ether oxygens (including phenoxy) is 1. The molecule has 1 heterocycles. The van der Waals surface area contributed by atoms with Crippen molar-refractivity contribution in [3.8, 4) is 0 Å². The Hall–Kier alpha value is -1.39. The van der Waals surface area contributed by atoms with Gasteiger partial charge in [-0.15, -0.1) is 0 Å². The molecular weight excluding hydrogens is 216 g/mol. The second kappa shape index (κ2) is 5.29. The van der Waals surface area contributed by atoms with Crippen molar-refractivity contribution in [2.45, 2.75) is 13.0 Å². The minimum Gasteiger partial charge on any atom is -0.369 e. The summed E-state index contributed by atoms with van der Waals surface area (Å²) in [6.45, 7) is 3.52. The fourth-order valence-corrected chi connectivity index (χ4v) is 2.15. The zero-order valence-corrected chi connectivity index (χ0v) is 10.3. The zero-order valence-electron chi connectivity index (χ0n) is 10.3. The lowest BCUT2D eigenvalue weighted by molar-refractivity contribution is -0.127. The van der Waals surface area contributed by atoms with Gasteiger partial charge in [-0.25, -0.2) is 0 Å². The molecule has 1 saturated heterocycles. The Morgan fingerprint density at radius 1 is 1.53 bits per heavy atom. The number of rotatable bonds is 3. The summed E-state index contributed by atoms with van der Waals surface area (Å²) in [6, 6.07) is 8.08. The Kier molecular flexibility index (Phi) is 3.76. The van der Waals surface area contributed by atoms with Gasteiger partial charge in [-0.3, -0.25) is 4.79 Å². The molecular formula is C13H18N2O2. The Bertz CT molecular complexity index is 404. The van der Waals surface area contributed by atoms with Crippen LogP contribution in [0.5, 0.6) is 0 Å². The van der Waals surface area contributed by atoms with E-state index in [2.05, 4.69) is 5.32 Å². The van der Waals surface area contributed by atoms with Crippen molar-refractivity contribution in [2.75, 3.05) is 31.7 Å². The summed E-state index contributed by atoms with van der Waals surface area (Å²) in [7, 11) is 1.88. The van der Waals surface area contributed by atoms with E-state index in [0.29, 0.717) is 6.61 Å². The van der Waals surface area contributed by atoms with Crippen LogP contribution in [-0.4, -0.2) is 38.8 Å². The average molecular weight is 234 g/mol. The summed E-state index contributed by atoms with van der Waals surface area (Å²) in [5.74, 6) is 0.0297. The van der Waals surface area contributed by atoms with Gasteiger partial charge in [0.15, 0.2) is 0 Å². The highest BCUT2D eigenvalue weighted by Gasteiger charge is 2.29. The van der Waals surface area contributed by atoms with Crippen molar-refractivity contribution >= 4 is 11.6 Å². The van der Waals surface area contributed by atoms with Crippen molar-refractivity contribution in [3.05, 3.63) is 29.8 Å². The first kappa shape index (κ1) is 12.1. The highest BCUT2D eigenvalue weighted by Crippen LogP contribution is 2.21. The Balaban J connectivity index is 2.27. The maximum atomic E-state index is 12.0. The number of morpholine rings is 1. The molecule has 0 radical (unpaired) electrons. The predicted octanol–water partition coefficient (Wildman–Crippen LogP) is 0.946. The molecule has 1 amide bonds. The molecule has 1 aliphatic rings. The lowest BCUT2D eigenvalue weighted by Crippen LogP contribution is -2.53. The Morgan fingerprint density at radius 2 is 2.35 bits per heavy atom. The van der Waals surface area contributed by atoms with Crippen LogP contribution in [0, 0.1) is 6.92 Å². The number of likely N-dealkylation sites (N-methyl/N-ethyl adjacent to an activating group) is 1. The molecule has 17 heavy (non-hydrogen) atoms. The molecule has 1 fully saturated rings. The molecule has 0 spiro atoms. The van der Waals surface area contributed by atoms with E-state index in [1.165, 1.54) is 0 Å². The first-order valence-corrected chi connectivity index (χ1v) is 5.83. The third-order valence-electron chi connectivity index (χ3n) is 2.89. The van der Waals surface area contributed by atoms with Gasteiger partial charge in [0.05, 0.1) is 12.6 Å². The second-order valence-electron chi connectivity index (χ2n) is 4.33. The molecule has 92 valence electrons. The number of hydrogen-bond acceptors (Lipinski definition) is 3. The highest BCUT2D eigenvalue weighted by molar-refractivity contribution is 5.95. The lowest BCUT2D eigenvalue weighted by atomic mass is 10.1. The Labute approximate surface area is 102 Å². The van der Waals surface area contributed by atoms with E-state index in [-0.39, 0.29) is 18.6 Å². The van der Waals surface area contributed by atoms with Crippen LogP contribution in [0.25, 0.3) is 0 Å². The summed E-state index contributed by atoms with van der Waals surface area (Å²) in [4.78, 5) is 13.8. The minimum atomic E-state index is 0.0297. The first-order chi connectivity index (χ1) is 8.22. The minimum absolute atomic E-state index is 0.0297. The molecule has 1 aliphatic heterocycles. The maximum Gasteiger partial charge on any atom is 0.253 e. The molecule has 0 saturated carbocycles. The van der Waals surface area contributed by atoms with Gasteiger partial charge in [0.2, 0.25) is 0 Å². The normalized spacial score (nSPS) is 20.7. The van der Waals surface area contributed by atoms with Crippen molar-refractivity contribution in [3.63, 3.8) is 0 Å². The lowest BCUT2D eigenvalue weighted by Gasteiger charge is -2.35. The van der Waals surface area contributed by atoms with E-state index in [9.17, 15) is 4.79 Å². The van der Waals surface area contributed by atoms with Gasteiger partial charge in [-0.1, -0.05) is 12.1 Å². The van der Waals surface area contributed by atoms with Gasteiger partial charge in [0, 0.05) is 12.2 Å². The third kappa shape index (κ3) is 2.65. The van der Waals surface area contributed by atoms with Crippen molar-refractivity contribution in [2.24, 2.45) is 0 Å². The van der Waals surface area contributed by atoms with Crippen molar-refractivity contribution < 1.29 is 9.53 Å². The Morgan fingerprint density at radius 3 is 3.06 bits per heavy atom. The van der Waals surface area contributed by atoms with Gasteiger partial charge >= 0.3 is 0 Å². The van der Waals surface area contributed by atoms with Gasteiger partial charge in [-0.2, -0.15) is 0 Å². The molecule has 4 heteroatoms. The molecule has 1 atom stereocenters. The molecule has 4 nitrogen and oxygen atoms in total. The number of benzene rings is 1. The van der Waals surface area contributed by atoms with Crippen LogP contribution in [0.4, 0.5) is 5.69 Å². The van der Waals surface area contributed by atoms with E-state index in [1.54, 1.807) is 0 Å². The van der Waals surface area contributed by atoms with Crippen molar-refractivity contribution in [1.82, 2.24) is 5.32 Å². The standard InChI is InChI=1S/C13H18N2O2/c1-10-4-3-5-11(6-10)15-12(7-14-2)8-17-9-13(15)16/h3-6,12,14H,7-9H2,1-2H3. The molecule has 1 unspecified atom stereocenters. The molecule has 0 aliphatic carbocycles. The van der Waals surface area contributed by atoms with Gasteiger partial charge in [0.25, 0.3) is 5.91 Å². The fourth-order valence-electron chi connectivity index (χ4n) is 2.15. The van der Waals surface area contributed by atoms with Crippen LogP contribution in [0.1, 0.15) is 5.56 Å². The maximum absolute atomic E-state index is 12.0. The first-order valence-electron chi connectivity index (χ1n) is 5.83. The highest BCUT2D eigenvalue weighted by atomic mass is 16.5. The molecule has 1 N–H and O–H groups in total. The monoisotopic (exact) mass is 234 g/mol. The number of carbonyl (C=O) groups excluding carboxylic acids is 1. The van der Waals surface area contributed by atoms with Gasteiger partial charge in [0.1, 0.15) is 6.61 Å². The summed E-state index contributed by atoms with van der Waals surface area (Å²) in [6.07, 6.45) is 0. The number of aryl methyl sites for hydroxylation is 1. The quantitative estimate of drug-likeness (QED) is 0.846. The largest absolute Gasteiger partial charge is 0.369 e. The molecule has 0 bridgehead atoms. The van der Waals surface area contributed by atoms with Crippen LogP contribution < -0.4 is 10.2 Å². The van der Waals surface area contributed by atoms with Crippen LogP contribution >= 0.6 is 0 Å². The van der Waals surface area contributed by atoms with Crippen LogP contribution in [-0.2, 0) is 9.53 Å². The van der Waals surface area contributed by atoms with Gasteiger partial charge < -0.3 is 15.0 Å².